The molecule has 0 fully saturated rings. The number of hydrogen-bond donors (Lipinski definition) is 1. The third-order valence-corrected chi connectivity index (χ3v) is 1.98. The minimum Gasteiger partial charge on any atom is -0.478 e. The molecule has 1 N–H and O–H groups in total. The van der Waals surface area contributed by atoms with E-state index in [2.05, 4.69) is 4.98 Å². The summed E-state index contributed by atoms with van der Waals surface area (Å²) in [6.45, 7) is 0. The summed E-state index contributed by atoms with van der Waals surface area (Å²) in [5, 5.41) is 9.79. The Kier molecular flexibility index (Phi) is 1.89. The van der Waals surface area contributed by atoms with E-state index >= 15 is 0 Å². The Morgan fingerprint density at radius 1 is 1.36 bits per heavy atom. The van der Waals surface area contributed by atoms with Crippen molar-refractivity contribution in [2.75, 3.05) is 0 Å². The van der Waals surface area contributed by atoms with Crippen LogP contribution >= 0.6 is 0 Å². The molecule has 0 atom stereocenters. The van der Waals surface area contributed by atoms with Crippen molar-refractivity contribution in [1.29, 1.82) is 0 Å². The lowest BCUT2D eigenvalue weighted by Gasteiger charge is -2.02. The van der Waals surface area contributed by atoms with Crippen LogP contribution in [0.25, 0.3) is 10.8 Å². The number of carboxylic acids is 1. The second-order valence-electron chi connectivity index (χ2n) is 2.82. The Balaban J connectivity index is 2.90. The fourth-order valence-electron chi connectivity index (χ4n) is 1.36. The first-order valence-electron chi connectivity index (χ1n) is 3.95. The van der Waals surface area contributed by atoms with Crippen molar-refractivity contribution in [3.05, 3.63) is 42.0 Å². The van der Waals surface area contributed by atoms with Crippen molar-refractivity contribution < 1.29 is 14.3 Å². The van der Waals surface area contributed by atoms with Gasteiger partial charge in [-0.1, -0.05) is 0 Å². The van der Waals surface area contributed by atoms with Gasteiger partial charge in [0.15, 0.2) is 0 Å². The molecule has 4 heteroatoms. The SMILES string of the molecule is O=C(O)c1c(F)ccc2cnccc12. The number of aromatic carboxylic acids is 1. The molecular weight excluding hydrogens is 185 g/mol. The third kappa shape index (κ3) is 1.21. The molecule has 1 heterocycles. The minimum atomic E-state index is -1.26. The lowest BCUT2D eigenvalue weighted by molar-refractivity contribution is 0.0694. The Hall–Kier alpha value is -1.97. The van der Waals surface area contributed by atoms with Gasteiger partial charge in [-0.2, -0.15) is 0 Å². The van der Waals surface area contributed by atoms with Crippen molar-refractivity contribution in [3.63, 3.8) is 0 Å². The zero-order valence-corrected chi connectivity index (χ0v) is 7.07. The van der Waals surface area contributed by atoms with Crippen LogP contribution in [0.1, 0.15) is 10.4 Å². The summed E-state index contributed by atoms with van der Waals surface area (Å²) in [7, 11) is 0. The average molecular weight is 191 g/mol. The first kappa shape index (κ1) is 8.62. The van der Waals surface area contributed by atoms with E-state index in [9.17, 15) is 9.18 Å². The van der Waals surface area contributed by atoms with Gasteiger partial charge in [-0.25, -0.2) is 9.18 Å². The molecule has 0 spiro atoms. The van der Waals surface area contributed by atoms with E-state index in [4.69, 9.17) is 5.11 Å². The summed E-state index contributed by atoms with van der Waals surface area (Å²) < 4.78 is 13.2. The molecule has 1 aromatic carbocycles. The van der Waals surface area contributed by atoms with Crippen molar-refractivity contribution in [1.82, 2.24) is 4.98 Å². The fraction of sp³-hybridized carbons (Fsp3) is 0. The van der Waals surface area contributed by atoms with E-state index in [-0.39, 0.29) is 5.56 Å². The Bertz CT molecular complexity index is 510. The fourth-order valence-corrected chi connectivity index (χ4v) is 1.36. The summed E-state index contributed by atoms with van der Waals surface area (Å²) in [5.41, 5.74) is -0.301. The number of hydrogen-bond acceptors (Lipinski definition) is 2. The number of nitrogens with zero attached hydrogens (tertiary/aromatic N) is 1. The van der Waals surface area contributed by atoms with E-state index in [0.29, 0.717) is 10.8 Å². The maximum absolute atomic E-state index is 13.2. The molecule has 0 aliphatic carbocycles. The average Bonchev–Trinajstić information content (AvgIpc) is 2.17. The van der Waals surface area contributed by atoms with Crippen LogP contribution in [0.15, 0.2) is 30.6 Å². The van der Waals surface area contributed by atoms with E-state index in [0.717, 1.165) is 6.07 Å². The zero-order chi connectivity index (χ0) is 10.1. The van der Waals surface area contributed by atoms with Crippen LogP contribution in [0.5, 0.6) is 0 Å². The lowest BCUT2D eigenvalue weighted by atomic mass is 10.1. The maximum Gasteiger partial charge on any atom is 0.339 e. The van der Waals surface area contributed by atoms with Gasteiger partial charge in [0.2, 0.25) is 0 Å². The normalized spacial score (nSPS) is 10.4. The first-order chi connectivity index (χ1) is 6.70. The van der Waals surface area contributed by atoms with Gasteiger partial charge in [-0.15, -0.1) is 0 Å². The standard InChI is InChI=1S/C10H6FNO2/c11-8-2-1-6-5-12-4-3-7(6)9(8)10(13)14/h1-5H,(H,13,14). The highest BCUT2D eigenvalue weighted by Crippen LogP contribution is 2.20. The van der Waals surface area contributed by atoms with Crippen molar-refractivity contribution >= 4 is 16.7 Å². The van der Waals surface area contributed by atoms with Crippen LogP contribution in [0, 0.1) is 5.82 Å². The summed E-state index contributed by atoms with van der Waals surface area (Å²) >= 11 is 0. The number of halogens is 1. The van der Waals surface area contributed by atoms with Gasteiger partial charge in [-0.3, -0.25) is 4.98 Å². The number of pyridine rings is 1. The predicted octanol–water partition coefficient (Wildman–Crippen LogP) is 2.07. The zero-order valence-electron chi connectivity index (χ0n) is 7.07. The molecule has 0 radical (unpaired) electrons. The van der Waals surface area contributed by atoms with Crippen LogP contribution in [-0.4, -0.2) is 16.1 Å². The van der Waals surface area contributed by atoms with Crippen LogP contribution in [-0.2, 0) is 0 Å². The first-order valence-corrected chi connectivity index (χ1v) is 3.95. The molecule has 0 saturated carbocycles. The molecule has 0 bridgehead atoms. The molecule has 2 rings (SSSR count). The number of carbonyl (C=O) groups is 1. The molecule has 14 heavy (non-hydrogen) atoms. The monoisotopic (exact) mass is 191 g/mol. The van der Waals surface area contributed by atoms with E-state index in [1.807, 2.05) is 0 Å². The highest BCUT2D eigenvalue weighted by molar-refractivity contribution is 6.03. The second-order valence-corrected chi connectivity index (χ2v) is 2.82. The van der Waals surface area contributed by atoms with Crippen LogP contribution < -0.4 is 0 Å². The molecule has 0 saturated heterocycles. The molecule has 70 valence electrons. The Morgan fingerprint density at radius 2 is 2.14 bits per heavy atom. The van der Waals surface area contributed by atoms with Gasteiger partial charge in [-0.05, 0) is 18.2 Å². The predicted molar refractivity (Wildman–Crippen MR) is 48.7 cm³/mol. The Labute approximate surface area is 78.8 Å². The summed E-state index contributed by atoms with van der Waals surface area (Å²) in [4.78, 5) is 14.6. The van der Waals surface area contributed by atoms with E-state index in [1.165, 1.54) is 24.5 Å². The maximum atomic E-state index is 13.2. The van der Waals surface area contributed by atoms with Gasteiger partial charge in [0.1, 0.15) is 11.4 Å². The molecular formula is C10H6FNO2. The van der Waals surface area contributed by atoms with E-state index in [1.54, 1.807) is 0 Å². The van der Waals surface area contributed by atoms with Crippen molar-refractivity contribution in [2.45, 2.75) is 0 Å². The number of benzene rings is 1. The smallest absolute Gasteiger partial charge is 0.339 e. The summed E-state index contributed by atoms with van der Waals surface area (Å²) in [6, 6.07) is 4.12. The molecule has 3 nitrogen and oxygen atoms in total. The number of rotatable bonds is 1. The number of carboxylic acid groups (broad SMARTS) is 1. The van der Waals surface area contributed by atoms with Crippen molar-refractivity contribution in [2.24, 2.45) is 0 Å². The number of fused-ring (bicyclic) bond motifs is 1. The molecule has 0 aliphatic heterocycles. The highest BCUT2D eigenvalue weighted by atomic mass is 19.1. The van der Waals surface area contributed by atoms with E-state index < -0.39 is 11.8 Å². The summed E-state index contributed by atoms with van der Waals surface area (Å²) in [6.07, 6.45) is 2.94. The quantitative estimate of drug-likeness (QED) is 0.750. The van der Waals surface area contributed by atoms with Gasteiger partial charge in [0.05, 0.1) is 0 Å². The van der Waals surface area contributed by atoms with Gasteiger partial charge in [0.25, 0.3) is 0 Å². The van der Waals surface area contributed by atoms with Crippen LogP contribution in [0.4, 0.5) is 4.39 Å². The van der Waals surface area contributed by atoms with Crippen LogP contribution in [0.2, 0.25) is 0 Å². The largest absolute Gasteiger partial charge is 0.478 e. The minimum absolute atomic E-state index is 0.301. The summed E-state index contributed by atoms with van der Waals surface area (Å²) in [5.74, 6) is -1.99. The lowest BCUT2D eigenvalue weighted by Crippen LogP contribution is -2.01. The number of aromatic nitrogens is 1. The molecule has 2 aromatic rings. The molecule has 0 amide bonds. The molecule has 0 unspecified atom stereocenters. The topological polar surface area (TPSA) is 50.2 Å². The van der Waals surface area contributed by atoms with Crippen molar-refractivity contribution in [3.8, 4) is 0 Å². The van der Waals surface area contributed by atoms with Crippen LogP contribution in [0.3, 0.4) is 0 Å². The second kappa shape index (κ2) is 3.06. The van der Waals surface area contributed by atoms with Gasteiger partial charge in [0, 0.05) is 23.2 Å². The highest BCUT2D eigenvalue weighted by Gasteiger charge is 2.13. The molecule has 0 aliphatic rings. The van der Waals surface area contributed by atoms with Gasteiger partial charge < -0.3 is 5.11 Å². The third-order valence-electron chi connectivity index (χ3n) is 1.98. The van der Waals surface area contributed by atoms with Gasteiger partial charge >= 0.3 is 5.97 Å². The molecule has 1 aromatic heterocycles. The Morgan fingerprint density at radius 3 is 2.86 bits per heavy atom.